The maximum atomic E-state index is 14.2. The fraction of sp³-hybridized carbons (Fsp3) is 0.111. The number of nitrogens with zero attached hydrogens (tertiary/aromatic N) is 3. The van der Waals surface area contributed by atoms with Gasteiger partial charge in [0.15, 0.2) is 5.75 Å². The van der Waals surface area contributed by atoms with Gasteiger partial charge in [0.05, 0.1) is 23.5 Å². The van der Waals surface area contributed by atoms with Gasteiger partial charge in [-0.3, -0.25) is 14.2 Å². The summed E-state index contributed by atoms with van der Waals surface area (Å²) in [4.78, 5) is 67.0. The lowest BCUT2D eigenvalue weighted by molar-refractivity contribution is 0.0725. The highest BCUT2D eigenvalue weighted by atomic mass is 35.5. The summed E-state index contributed by atoms with van der Waals surface area (Å²) in [6.45, 7) is 1.45. The molecular weight excluding hydrogens is 549 g/mol. The van der Waals surface area contributed by atoms with E-state index in [1.807, 2.05) is 0 Å². The van der Waals surface area contributed by atoms with Crippen molar-refractivity contribution in [2.24, 2.45) is 0 Å². The minimum Gasteiger partial charge on any atom is -0.421 e. The van der Waals surface area contributed by atoms with Crippen molar-refractivity contribution in [3.8, 4) is 11.6 Å². The molecule has 0 atom stereocenters. The number of halogens is 2. The van der Waals surface area contributed by atoms with Gasteiger partial charge >= 0.3 is 17.6 Å². The highest BCUT2D eigenvalue weighted by Crippen LogP contribution is 2.28. The topological polar surface area (TPSA) is 136 Å². The summed E-state index contributed by atoms with van der Waals surface area (Å²) in [5.41, 5.74) is -2.77. The molecule has 0 saturated carbocycles. The van der Waals surface area contributed by atoms with Crippen LogP contribution < -0.4 is 20.7 Å². The third-order valence-electron chi connectivity index (χ3n) is 5.30. The van der Waals surface area contributed by atoms with Crippen molar-refractivity contribution >= 4 is 29.4 Å². The van der Waals surface area contributed by atoms with Crippen LogP contribution in [0.5, 0.6) is 11.6 Å². The second kappa shape index (κ2) is 12.3. The molecule has 0 saturated heterocycles. The monoisotopic (exact) mass is 567 g/mol. The van der Waals surface area contributed by atoms with E-state index < -0.39 is 34.9 Å². The Morgan fingerprint density at radius 3 is 2.33 bits per heavy atom. The highest BCUT2D eigenvalue weighted by Gasteiger charge is 2.21. The number of pyridine rings is 1. The van der Waals surface area contributed by atoms with Crippen LogP contribution in [0.4, 0.5) is 4.39 Å². The number of carbonyl (C=O) groups is 3. The van der Waals surface area contributed by atoms with Gasteiger partial charge in [-0.1, -0.05) is 35.9 Å². The molecule has 0 unspecified atom stereocenters. The van der Waals surface area contributed by atoms with Gasteiger partial charge in [-0.15, -0.1) is 0 Å². The van der Waals surface area contributed by atoms with E-state index in [0.717, 1.165) is 22.9 Å². The molecule has 40 heavy (non-hydrogen) atoms. The first-order valence-electron chi connectivity index (χ1n) is 11.6. The molecule has 2 aromatic carbocycles. The highest BCUT2D eigenvalue weighted by molar-refractivity contribution is 6.32. The fourth-order valence-corrected chi connectivity index (χ4v) is 3.50. The summed E-state index contributed by atoms with van der Waals surface area (Å²) in [7, 11) is 0. The minimum absolute atomic E-state index is 0.0822. The lowest BCUT2D eigenvalue weighted by atomic mass is 10.1. The van der Waals surface area contributed by atoms with Crippen molar-refractivity contribution in [1.29, 1.82) is 0 Å². The van der Waals surface area contributed by atoms with E-state index in [-0.39, 0.29) is 51.2 Å². The summed E-state index contributed by atoms with van der Waals surface area (Å²) in [5.74, 6) is -4.60. The van der Waals surface area contributed by atoms with Crippen LogP contribution in [0.2, 0.25) is 5.02 Å². The van der Waals surface area contributed by atoms with Crippen LogP contribution in [0, 0.1) is 5.82 Å². The molecule has 0 N–H and O–H groups in total. The zero-order valence-electron chi connectivity index (χ0n) is 20.7. The molecule has 0 radical (unpaired) electrons. The van der Waals surface area contributed by atoms with Gasteiger partial charge in [0.25, 0.3) is 11.5 Å². The average molecular weight is 568 g/mol. The van der Waals surface area contributed by atoms with Gasteiger partial charge in [-0.2, -0.15) is 8.96 Å². The van der Waals surface area contributed by atoms with E-state index >= 15 is 0 Å². The van der Waals surface area contributed by atoms with E-state index in [2.05, 4.69) is 4.98 Å². The van der Waals surface area contributed by atoms with E-state index in [4.69, 9.17) is 25.8 Å². The summed E-state index contributed by atoms with van der Waals surface area (Å²) in [5, 5.41) is -0.0822. The number of carbonyl (C=O) groups excluding carboxylic acids is 3. The number of hydrogen-bond acceptors (Lipinski definition) is 9. The van der Waals surface area contributed by atoms with Crippen molar-refractivity contribution in [1.82, 2.24) is 14.1 Å². The second-order valence-corrected chi connectivity index (χ2v) is 8.38. The van der Waals surface area contributed by atoms with Crippen LogP contribution in [0.3, 0.4) is 0 Å². The fourth-order valence-electron chi connectivity index (χ4n) is 3.36. The van der Waals surface area contributed by atoms with Crippen molar-refractivity contribution in [2.45, 2.75) is 13.7 Å². The Labute approximate surface area is 229 Å². The summed E-state index contributed by atoms with van der Waals surface area (Å²) >= 11 is 6.09. The lowest BCUT2D eigenvalue weighted by Gasteiger charge is -2.11. The number of ether oxygens (including phenoxy) is 3. The number of aromatic nitrogens is 3. The van der Waals surface area contributed by atoms with Crippen molar-refractivity contribution in [2.75, 3.05) is 6.61 Å². The molecular formula is C27H19ClFN3O8. The summed E-state index contributed by atoms with van der Waals surface area (Å²) in [6.07, 6.45) is 1.75. The zero-order valence-corrected chi connectivity index (χ0v) is 21.5. The quantitative estimate of drug-likeness (QED) is 0.294. The Morgan fingerprint density at radius 1 is 0.925 bits per heavy atom. The van der Waals surface area contributed by atoms with Crippen molar-refractivity contribution in [3.63, 3.8) is 0 Å². The molecule has 2 aromatic heterocycles. The molecule has 0 amide bonds. The van der Waals surface area contributed by atoms with E-state index in [0.29, 0.717) is 6.20 Å². The summed E-state index contributed by atoms with van der Waals surface area (Å²) < 4.78 is 30.6. The molecule has 0 aliphatic heterocycles. The molecule has 0 spiro atoms. The number of rotatable bonds is 8. The molecule has 13 heteroatoms. The first-order chi connectivity index (χ1) is 19.2. The Bertz CT molecular complexity index is 1720. The van der Waals surface area contributed by atoms with E-state index in [1.54, 1.807) is 37.3 Å². The standard InChI is InChI=1S/C27H19ClFN3O8/c1-2-38-15-31-14-20(29)24(34)32(27(31)37)23(33)17-9-6-10-18(11-17)26(36)39-21-12-22(30-13-19(21)28)40-25(35)16-7-4-3-5-8-16/h3-14H,2,15H2,1H3. The Balaban J connectivity index is 1.57. The van der Waals surface area contributed by atoms with Gasteiger partial charge in [0, 0.05) is 18.2 Å². The molecule has 0 fully saturated rings. The van der Waals surface area contributed by atoms with Crippen LogP contribution in [0.25, 0.3) is 0 Å². The van der Waals surface area contributed by atoms with Crippen molar-refractivity contribution in [3.05, 3.63) is 121 Å². The molecule has 11 nitrogen and oxygen atoms in total. The minimum atomic E-state index is -1.46. The predicted octanol–water partition coefficient (Wildman–Crippen LogP) is 3.32. The maximum absolute atomic E-state index is 14.2. The van der Waals surface area contributed by atoms with Crippen LogP contribution >= 0.6 is 11.6 Å². The lowest BCUT2D eigenvalue weighted by Crippen LogP contribution is -2.45. The van der Waals surface area contributed by atoms with Gasteiger partial charge in [0.2, 0.25) is 11.7 Å². The van der Waals surface area contributed by atoms with Crippen LogP contribution in [0.15, 0.2) is 82.6 Å². The van der Waals surface area contributed by atoms with Gasteiger partial charge in [-0.25, -0.2) is 19.4 Å². The first-order valence-corrected chi connectivity index (χ1v) is 12.0. The maximum Gasteiger partial charge on any atom is 0.344 e. The molecule has 4 aromatic rings. The molecule has 4 rings (SSSR count). The average Bonchev–Trinajstić information content (AvgIpc) is 2.96. The Morgan fingerprint density at radius 2 is 1.60 bits per heavy atom. The second-order valence-electron chi connectivity index (χ2n) is 7.98. The predicted molar refractivity (Wildman–Crippen MR) is 138 cm³/mol. The van der Waals surface area contributed by atoms with Gasteiger partial charge < -0.3 is 14.2 Å². The smallest absolute Gasteiger partial charge is 0.344 e. The van der Waals surface area contributed by atoms with Crippen molar-refractivity contribution < 1.29 is 33.0 Å². The molecule has 204 valence electrons. The van der Waals surface area contributed by atoms with E-state index in [1.165, 1.54) is 18.2 Å². The van der Waals surface area contributed by atoms with Gasteiger partial charge in [0.1, 0.15) is 11.8 Å². The molecule has 2 heterocycles. The number of esters is 2. The molecule has 0 bridgehead atoms. The van der Waals surface area contributed by atoms with Gasteiger partial charge in [-0.05, 0) is 37.3 Å². The largest absolute Gasteiger partial charge is 0.421 e. The third-order valence-corrected chi connectivity index (χ3v) is 5.58. The van der Waals surface area contributed by atoms with Crippen LogP contribution in [-0.2, 0) is 11.5 Å². The van der Waals surface area contributed by atoms with Crippen LogP contribution in [-0.4, -0.2) is 38.6 Å². The number of benzene rings is 2. The molecule has 0 aliphatic carbocycles. The normalized spacial score (nSPS) is 10.7. The Hall–Kier alpha value is -4.94. The van der Waals surface area contributed by atoms with Crippen LogP contribution in [0.1, 0.15) is 38.0 Å². The third kappa shape index (κ3) is 6.20. The summed E-state index contributed by atoms with van der Waals surface area (Å²) in [6, 6.07) is 14.1. The Kier molecular flexibility index (Phi) is 8.62. The SMILES string of the molecule is CCOCn1cc(F)c(=O)n(C(=O)c2cccc(C(=O)Oc3cc(OC(=O)c4ccccc4)ncc3Cl)c2)c1=O. The first kappa shape index (κ1) is 28.1. The number of hydrogen-bond donors (Lipinski definition) is 0. The zero-order chi connectivity index (χ0) is 28.8. The van der Waals surface area contributed by atoms with E-state index in [9.17, 15) is 28.4 Å². The molecule has 0 aliphatic rings.